The molecule has 0 saturated heterocycles. The normalized spacial score (nSPS) is 15.2. The summed E-state index contributed by atoms with van der Waals surface area (Å²) in [4.78, 5) is 18.2. The van der Waals surface area contributed by atoms with Gasteiger partial charge in [0.15, 0.2) is 0 Å². The maximum Gasteiger partial charge on any atom is 0.318 e. The van der Waals surface area contributed by atoms with E-state index in [1.54, 1.807) is 17.4 Å². The van der Waals surface area contributed by atoms with Crippen LogP contribution in [-0.4, -0.2) is 44.8 Å². The zero-order valence-electron chi connectivity index (χ0n) is 13.2. The SMILES string of the molecule is CC(NC(=O)N(CCO)C1CC1)c1cccc(-n2ccnc2)c1. The van der Waals surface area contributed by atoms with E-state index in [2.05, 4.69) is 10.3 Å². The van der Waals surface area contributed by atoms with E-state index >= 15 is 0 Å². The Kier molecular flexibility index (Phi) is 4.62. The Morgan fingerprint density at radius 1 is 1.52 bits per heavy atom. The Labute approximate surface area is 135 Å². The van der Waals surface area contributed by atoms with Crippen LogP contribution in [0.3, 0.4) is 0 Å². The number of carbonyl (C=O) groups excluding carboxylic acids is 1. The standard InChI is InChI=1S/C17H22N4O2/c1-13(19-17(23)21(9-10-22)15-5-6-15)14-3-2-4-16(11-14)20-8-7-18-12-20/h2-4,7-8,11-13,15,22H,5-6,9-10H2,1H3,(H,19,23). The Hall–Kier alpha value is -2.34. The number of benzene rings is 1. The molecule has 23 heavy (non-hydrogen) atoms. The van der Waals surface area contributed by atoms with Crippen LogP contribution in [0, 0.1) is 0 Å². The van der Waals surface area contributed by atoms with Crippen molar-refractivity contribution in [3.8, 4) is 5.69 Å². The highest BCUT2D eigenvalue weighted by atomic mass is 16.3. The number of nitrogens with one attached hydrogen (secondary N) is 1. The van der Waals surface area contributed by atoms with Gasteiger partial charge in [-0.2, -0.15) is 0 Å². The largest absolute Gasteiger partial charge is 0.395 e. The van der Waals surface area contributed by atoms with E-state index in [1.807, 2.05) is 42.0 Å². The summed E-state index contributed by atoms with van der Waals surface area (Å²) in [5.74, 6) is 0. The average Bonchev–Trinajstić information content (AvgIpc) is 3.25. The summed E-state index contributed by atoms with van der Waals surface area (Å²) in [6, 6.07) is 8.08. The summed E-state index contributed by atoms with van der Waals surface area (Å²) in [6.07, 6.45) is 7.42. The second kappa shape index (κ2) is 6.83. The highest BCUT2D eigenvalue weighted by Gasteiger charge is 2.32. The molecule has 1 aromatic heterocycles. The van der Waals surface area contributed by atoms with Gasteiger partial charge in [-0.1, -0.05) is 12.1 Å². The molecule has 2 N–H and O–H groups in total. The van der Waals surface area contributed by atoms with Crippen molar-refractivity contribution in [3.05, 3.63) is 48.5 Å². The van der Waals surface area contributed by atoms with Gasteiger partial charge < -0.3 is 19.9 Å². The highest BCUT2D eigenvalue weighted by molar-refractivity contribution is 5.75. The molecule has 1 atom stereocenters. The molecule has 0 aliphatic heterocycles. The van der Waals surface area contributed by atoms with Crippen LogP contribution in [0.2, 0.25) is 0 Å². The van der Waals surface area contributed by atoms with Gasteiger partial charge in [0.05, 0.1) is 19.0 Å². The topological polar surface area (TPSA) is 70.4 Å². The molecule has 1 aliphatic carbocycles. The van der Waals surface area contributed by atoms with E-state index in [4.69, 9.17) is 5.11 Å². The van der Waals surface area contributed by atoms with E-state index in [-0.39, 0.29) is 24.7 Å². The second-order valence-electron chi connectivity index (χ2n) is 5.88. The zero-order chi connectivity index (χ0) is 16.2. The fraction of sp³-hybridized carbons (Fsp3) is 0.412. The Morgan fingerprint density at radius 2 is 2.35 bits per heavy atom. The van der Waals surface area contributed by atoms with Crippen LogP contribution in [-0.2, 0) is 0 Å². The summed E-state index contributed by atoms with van der Waals surface area (Å²) >= 11 is 0. The molecule has 1 fully saturated rings. The first-order chi connectivity index (χ1) is 11.2. The average molecular weight is 314 g/mol. The molecular weight excluding hydrogens is 292 g/mol. The first kappa shape index (κ1) is 15.6. The van der Waals surface area contributed by atoms with Crippen LogP contribution in [0.15, 0.2) is 43.0 Å². The first-order valence-electron chi connectivity index (χ1n) is 7.95. The molecule has 1 unspecified atom stereocenters. The second-order valence-corrected chi connectivity index (χ2v) is 5.88. The minimum absolute atomic E-state index is 0.00554. The molecule has 3 rings (SSSR count). The van der Waals surface area contributed by atoms with Crippen molar-refractivity contribution in [2.24, 2.45) is 0 Å². The molecule has 1 heterocycles. The van der Waals surface area contributed by atoms with Gasteiger partial charge in [-0.3, -0.25) is 0 Å². The lowest BCUT2D eigenvalue weighted by Gasteiger charge is -2.24. The number of aliphatic hydroxyl groups excluding tert-OH is 1. The minimum Gasteiger partial charge on any atom is -0.395 e. The molecule has 1 aliphatic rings. The van der Waals surface area contributed by atoms with Crippen molar-refractivity contribution < 1.29 is 9.90 Å². The van der Waals surface area contributed by atoms with E-state index in [0.29, 0.717) is 6.54 Å². The predicted octanol–water partition coefficient (Wildman–Crippen LogP) is 2.10. The number of hydrogen-bond acceptors (Lipinski definition) is 3. The van der Waals surface area contributed by atoms with Crippen molar-refractivity contribution in [1.82, 2.24) is 19.8 Å². The maximum atomic E-state index is 12.4. The minimum atomic E-state index is -0.109. The summed E-state index contributed by atoms with van der Waals surface area (Å²) in [5, 5.41) is 12.2. The van der Waals surface area contributed by atoms with Crippen LogP contribution in [0.4, 0.5) is 4.79 Å². The van der Waals surface area contributed by atoms with Gasteiger partial charge in [0.1, 0.15) is 0 Å². The number of aromatic nitrogens is 2. The number of imidazole rings is 1. The lowest BCUT2D eigenvalue weighted by Crippen LogP contribution is -2.43. The lowest BCUT2D eigenvalue weighted by molar-refractivity contribution is 0.171. The number of amides is 2. The number of aliphatic hydroxyl groups is 1. The Bertz CT molecular complexity index is 652. The third kappa shape index (κ3) is 3.71. The van der Waals surface area contributed by atoms with Crippen LogP contribution >= 0.6 is 0 Å². The molecule has 6 heteroatoms. The van der Waals surface area contributed by atoms with Crippen molar-refractivity contribution in [2.45, 2.75) is 31.8 Å². The van der Waals surface area contributed by atoms with Crippen molar-refractivity contribution in [1.29, 1.82) is 0 Å². The van der Waals surface area contributed by atoms with Gasteiger partial charge in [0.25, 0.3) is 0 Å². The van der Waals surface area contributed by atoms with E-state index in [0.717, 1.165) is 24.1 Å². The van der Waals surface area contributed by atoms with Gasteiger partial charge in [0.2, 0.25) is 0 Å². The van der Waals surface area contributed by atoms with Crippen molar-refractivity contribution in [3.63, 3.8) is 0 Å². The number of rotatable bonds is 6. The molecule has 2 amide bonds. The number of carbonyl (C=O) groups is 1. The Balaban J connectivity index is 1.69. The Morgan fingerprint density at radius 3 is 3.00 bits per heavy atom. The van der Waals surface area contributed by atoms with Crippen LogP contribution < -0.4 is 5.32 Å². The third-order valence-corrected chi connectivity index (χ3v) is 4.10. The van der Waals surface area contributed by atoms with Crippen LogP contribution in [0.25, 0.3) is 5.69 Å². The molecule has 0 spiro atoms. The number of nitrogens with zero attached hydrogens (tertiary/aromatic N) is 3. The van der Waals surface area contributed by atoms with E-state index < -0.39 is 0 Å². The van der Waals surface area contributed by atoms with Crippen molar-refractivity contribution >= 4 is 6.03 Å². The molecule has 1 aromatic carbocycles. The zero-order valence-corrected chi connectivity index (χ0v) is 13.2. The number of hydrogen-bond donors (Lipinski definition) is 2. The van der Waals surface area contributed by atoms with Gasteiger partial charge in [0, 0.05) is 30.7 Å². The van der Waals surface area contributed by atoms with Crippen LogP contribution in [0.1, 0.15) is 31.4 Å². The summed E-state index contributed by atoms with van der Waals surface area (Å²) in [5.41, 5.74) is 2.04. The highest BCUT2D eigenvalue weighted by Crippen LogP contribution is 2.27. The molecule has 1 saturated carbocycles. The summed E-state index contributed by atoms with van der Waals surface area (Å²) in [7, 11) is 0. The fourth-order valence-corrected chi connectivity index (χ4v) is 2.66. The van der Waals surface area contributed by atoms with E-state index in [1.165, 1.54) is 0 Å². The van der Waals surface area contributed by atoms with Crippen LogP contribution in [0.5, 0.6) is 0 Å². The molecule has 6 nitrogen and oxygen atoms in total. The van der Waals surface area contributed by atoms with Gasteiger partial charge in [-0.25, -0.2) is 9.78 Å². The number of urea groups is 1. The molecule has 2 aromatic rings. The molecule has 0 bridgehead atoms. The third-order valence-electron chi connectivity index (χ3n) is 4.10. The van der Waals surface area contributed by atoms with Gasteiger partial charge in [-0.05, 0) is 37.5 Å². The molecule has 0 radical (unpaired) electrons. The van der Waals surface area contributed by atoms with Crippen molar-refractivity contribution in [2.75, 3.05) is 13.2 Å². The first-order valence-corrected chi connectivity index (χ1v) is 7.95. The summed E-state index contributed by atoms with van der Waals surface area (Å²) in [6.45, 7) is 2.35. The molecular formula is C17H22N4O2. The van der Waals surface area contributed by atoms with E-state index in [9.17, 15) is 4.79 Å². The quantitative estimate of drug-likeness (QED) is 0.858. The predicted molar refractivity (Wildman–Crippen MR) is 87.3 cm³/mol. The monoisotopic (exact) mass is 314 g/mol. The molecule has 122 valence electrons. The van der Waals surface area contributed by atoms with Gasteiger partial charge >= 0.3 is 6.03 Å². The maximum absolute atomic E-state index is 12.4. The lowest BCUT2D eigenvalue weighted by atomic mass is 10.1. The fourth-order valence-electron chi connectivity index (χ4n) is 2.66. The van der Waals surface area contributed by atoms with Gasteiger partial charge in [-0.15, -0.1) is 0 Å². The smallest absolute Gasteiger partial charge is 0.318 e. The summed E-state index contributed by atoms with van der Waals surface area (Å²) < 4.78 is 1.93.